The van der Waals surface area contributed by atoms with E-state index in [4.69, 9.17) is 4.74 Å². The summed E-state index contributed by atoms with van der Waals surface area (Å²) in [6.45, 7) is 4.83. The molecule has 4 heteroatoms. The van der Waals surface area contributed by atoms with Crippen molar-refractivity contribution in [1.82, 2.24) is 10.2 Å². The van der Waals surface area contributed by atoms with Gasteiger partial charge in [0.2, 0.25) is 5.91 Å². The van der Waals surface area contributed by atoms with Gasteiger partial charge in [-0.25, -0.2) is 0 Å². The molecule has 2 fully saturated rings. The number of nitrogens with one attached hydrogen (secondary N) is 1. The van der Waals surface area contributed by atoms with Crippen LogP contribution in [-0.4, -0.2) is 49.7 Å². The minimum Gasteiger partial charge on any atom is -0.379 e. The topological polar surface area (TPSA) is 41.6 Å². The van der Waals surface area contributed by atoms with Crippen LogP contribution in [0.3, 0.4) is 0 Å². The maximum absolute atomic E-state index is 12.3. The van der Waals surface area contributed by atoms with Crippen molar-refractivity contribution >= 4 is 5.91 Å². The summed E-state index contributed by atoms with van der Waals surface area (Å²) in [7, 11) is 1.74. The summed E-state index contributed by atoms with van der Waals surface area (Å²) in [6, 6.07) is 0.0506. The number of hydrogen-bond acceptors (Lipinski definition) is 3. The van der Waals surface area contributed by atoms with Gasteiger partial charge < -0.3 is 15.0 Å². The maximum Gasteiger partial charge on any atom is 0.239 e. The Bertz CT molecular complexity index is 264. The lowest BCUT2D eigenvalue weighted by Gasteiger charge is -2.38. The number of carbonyl (C=O) groups is 1. The molecule has 0 aliphatic carbocycles. The van der Waals surface area contributed by atoms with Crippen LogP contribution in [-0.2, 0) is 9.53 Å². The fraction of sp³-hybridized carbons (Fsp3) is 0.923. The summed E-state index contributed by atoms with van der Waals surface area (Å²) in [5, 5.41) is 3.33. The summed E-state index contributed by atoms with van der Waals surface area (Å²) in [5.74, 6) is 0.835. The van der Waals surface area contributed by atoms with Crippen molar-refractivity contribution in [2.24, 2.45) is 5.92 Å². The van der Waals surface area contributed by atoms with Crippen molar-refractivity contribution in [1.29, 1.82) is 0 Å². The predicted molar refractivity (Wildman–Crippen MR) is 66.8 cm³/mol. The van der Waals surface area contributed by atoms with Gasteiger partial charge in [-0.05, 0) is 31.7 Å². The molecule has 2 saturated heterocycles. The number of methoxy groups -OCH3 is 1. The highest BCUT2D eigenvalue weighted by Gasteiger charge is 2.32. The summed E-state index contributed by atoms with van der Waals surface area (Å²) >= 11 is 0. The first-order valence-corrected chi connectivity index (χ1v) is 6.77. The van der Waals surface area contributed by atoms with E-state index in [0.717, 1.165) is 32.5 Å². The van der Waals surface area contributed by atoms with E-state index in [-0.39, 0.29) is 18.1 Å². The van der Waals surface area contributed by atoms with Crippen molar-refractivity contribution in [3.05, 3.63) is 0 Å². The minimum absolute atomic E-state index is 0.0506. The molecule has 2 unspecified atom stereocenters. The number of rotatable bonds is 2. The lowest BCUT2D eigenvalue weighted by molar-refractivity contribution is -0.139. The number of likely N-dealkylation sites (tertiary alicyclic amines) is 1. The normalized spacial score (nSPS) is 34.7. The van der Waals surface area contributed by atoms with Gasteiger partial charge in [-0.2, -0.15) is 0 Å². The van der Waals surface area contributed by atoms with E-state index in [1.807, 2.05) is 4.90 Å². The Labute approximate surface area is 104 Å². The fourth-order valence-electron chi connectivity index (χ4n) is 2.82. The molecular formula is C13H24N2O2. The fourth-order valence-corrected chi connectivity index (χ4v) is 2.82. The maximum atomic E-state index is 12.3. The molecule has 0 aromatic heterocycles. The van der Waals surface area contributed by atoms with Crippen LogP contribution in [0.25, 0.3) is 0 Å². The van der Waals surface area contributed by atoms with Crippen molar-refractivity contribution in [3.8, 4) is 0 Å². The van der Waals surface area contributed by atoms with Gasteiger partial charge in [-0.1, -0.05) is 13.3 Å². The van der Waals surface area contributed by atoms with Crippen LogP contribution in [0.1, 0.15) is 32.6 Å². The Balaban J connectivity index is 1.90. The number of hydrogen-bond donors (Lipinski definition) is 1. The van der Waals surface area contributed by atoms with Gasteiger partial charge in [0.15, 0.2) is 0 Å². The van der Waals surface area contributed by atoms with Crippen molar-refractivity contribution in [2.45, 2.75) is 44.8 Å². The van der Waals surface area contributed by atoms with E-state index in [0.29, 0.717) is 5.92 Å². The van der Waals surface area contributed by atoms with E-state index in [2.05, 4.69) is 12.2 Å². The molecule has 0 aromatic rings. The molecule has 2 heterocycles. The Morgan fingerprint density at radius 2 is 2.18 bits per heavy atom. The Morgan fingerprint density at radius 1 is 1.35 bits per heavy atom. The molecule has 98 valence electrons. The predicted octanol–water partition coefficient (Wildman–Crippen LogP) is 1.01. The molecule has 2 aliphatic heterocycles. The van der Waals surface area contributed by atoms with Crippen LogP contribution < -0.4 is 5.32 Å². The molecule has 1 amide bonds. The zero-order valence-corrected chi connectivity index (χ0v) is 10.9. The van der Waals surface area contributed by atoms with Gasteiger partial charge in [-0.15, -0.1) is 0 Å². The smallest absolute Gasteiger partial charge is 0.239 e. The van der Waals surface area contributed by atoms with Crippen molar-refractivity contribution < 1.29 is 9.53 Å². The second kappa shape index (κ2) is 5.83. The zero-order valence-electron chi connectivity index (χ0n) is 10.9. The lowest BCUT2D eigenvalue weighted by atomic mass is 9.94. The largest absolute Gasteiger partial charge is 0.379 e. The average molecular weight is 240 g/mol. The Kier molecular flexibility index (Phi) is 4.40. The van der Waals surface area contributed by atoms with Crippen LogP contribution in [0, 0.1) is 5.92 Å². The molecule has 0 saturated carbocycles. The zero-order chi connectivity index (χ0) is 12.3. The number of nitrogens with zero attached hydrogens (tertiary/aromatic N) is 1. The van der Waals surface area contributed by atoms with E-state index in [1.54, 1.807) is 7.11 Å². The van der Waals surface area contributed by atoms with E-state index in [9.17, 15) is 4.79 Å². The molecule has 1 N–H and O–H groups in total. The van der Waals surface area contributed by atoms with Gasteiger partial charge in [0.1, 0.15) is 0 Å². The Hall–Kier alpha value is -0.610. The lowest BCUT2D eigenvalue weighted by Crippen LogP contribution is -2.54. The third-order valence-electron chi connectivity index (χ3n) is 4.11. The monoisotopic (exact) mass is 240 g/mol. The highest BCUT2D eigenvalue weighted by atomic mass is 16.5. The standard InChI is InChI=1S/C13H24N2O2/c1-10-6-8-15(9-12(10)17-2)13(16)11-5-3-4-7-14-11/h10-12,14H,3-9H2,1-2H3/t10?,11-,12?/m0/s1. The Morgan fingerprint density at radius 3 is 2.82 bits per heavy atom. The summed E-state index contributed by atoms with van der Waals surface area (Å²) in [6.07, 6.45) is 4.61. The molecule has 2 rings (SSSR count). The van der Waals surface area contributed by atoms with Crippen molar-refractivity contribution in [2.75, 3.05) is 26.7 Å². The molecule has 0 bridgehead atoms. The third-order valence-corrected chi connectivity index (χ3v) is 4.11. The van der Waals surface area contributed by atoms with Gasteiger partial charge in [0.25, 0.3) is 0 Å². The van der Waals surface area contributed by atoms with Gasteiger partial charge in [0.05, 0.1) is 12.1 Å². The van der Waals surface area contributed by atoms with Crippen LogP contribution in [0.4, 0.5) is 0 Å². The average Bonchev–Trinajstić information content (AvgIpc) is 2.39. The van der Waals surface area contributed by atoms with Crippen LogP contribution >= 0.6 is 0 Å². The van der Waals surface area contributed by atoms with Crippen LogP contribution in [0.2, 0.25) is 0 Å². The molecule has 17 heavy (non-hydrogen) atoms. The second-order valence-corrected chi connectivity index (χ2v) is 5.33. The number of amides is 1. The molecule has 3 atom stereocenters. The molecule has 0 aromatic carbocycles. The van der Waals surface area contributed by atoms with Gasteiger partial charge in [-0.3, -0.25) is 4.79 Å². The molecule has 0 spiro atoms. The molecule has 0 radical (unpaired) electrons. The summed E-state index contributed by atoms with van der Waals surface area (Å²) < 4.78 is 5.46. The van der Waals surface area contributed by atoms with E-state index in [1.165, 1.54) is 12.8 Å². The van der Waals surface area contributed by atoms with Crippen molar-refractivity contribution in [3.63, 3.8) is 0 Å². The quantitative estimate of drug-likeness (QED) is 0.783. The van der Waals surface area contributed by atoms with Gasteiger partial charge >= 0.3 is 0 Å². The number of ether oxygens (including phenoxy) is 1. The van der Waals surface area contributed by atoms with Crippen LogP contribution in [0.5, 0.6) is 0 Å². The molecular weight excluding hydrogens is 216 g/mol. The molecule has 4 nitrogen and oxygen atoms in total. The second-order valence-electron chi connectivity index (χ2n) is 5.33. The summed E-state index contributed by atoms with van der Waals surface area (Å²) in [4.78, 5) is 14.3. The first-order valence-electron chi connectivity index (χ1n) is 6.77. The first kappa shape index (κ1) is 12.8. The van der Waals surface area contributed by atoms with E-state index < -0.39 is 0 Å². The number of carbonyl (C=O) groups excluding carboxylic acids is 1. The summed E-state index contributed by atoms with van der Waals surface area (Å²) in [5.41, 5.74) is 0. The third kappa shape index (κ3) is 2.99. The number of piperidine rings is 2. The SMILES string of the molecule is COC1CN(C(=O)[C@@H]2CCCCN2)CCC1C. The van der Waals surface area contributed by atoms with Crippen LogP contribution in [0.15, 0.2) is 0 Å². The first-order chi connectivity index (χ1) is 8.22. The molecule has 2 aliphatic rings. The van der Waals surface area contributed by atoms with Gasteiger partial charge in [0, 0.05) is 20.2 Å². The highest BCUT2D eigenvalue weighted by Crippen LogP contribution is 2.21. The highest BCUT2D eigenvalue weighted by molar-refractivity contribution is 5.82. The van der Waals surface area contributed by atoms with E-state index >= 15 is 0 Å². The minimum atomic E-state index is 0.0506.